The zero-order valence-electron chi connectivity index (χ0n) is 29.3. The van der Waals surface area contributed by atoms with Crippen LogP contribution in [0.1, 0.15) is 30.4 Å². The smallest absolute Gasteiger partial charge is 0.188 e. The molecular formula is C41H34N5Pt-. The Bertz CT molecular complexity index is 2490. The van der Waals surface area contributed by atoms with E-state index in [0.717, 1.165) is 55.6 Å². The van der Waals surface area contributed by atoms with Gasteiger partial charge in [-0.25, -0.2) is 14.1 Å². The van der Waals surface area contributed by atoms with Gasteiger partial charge in [0.2, 0.25) is 0 Å². The molecule has 0 saturated heterocycles. The van der Waals surface area contributed by atoms with Crippen LogP contribution in [0.2, 0.25) is 0 Å². The van der Waals surface area contributed by atoms with Gasteiger partial charge >= 0.3 is 0 Å². The molecule has 47 heavy (non-hydrogen) atoms. The Morgan fingerprint density at radius 2 is 1.45 bits per heavy atom. The van der Waals surface area contributed by atoms with Crippen LogP contribution in [0.3, 0.4) is 0 Å². The topological polar surface area (TPSA) is 30.9 Å². The molecule has 8 rings (SSSR count). The first-order valence-electron chi connectivity index (χ1n) is 16.9. The summed E-state index contributed by atoms with van der Waals surface area (Å²) in [5.74, 6) is 0.527. The predicted molar refractivity (Wildman–Crippen MR) is 190 cm³/mol. The van der Waals surface area contributed by atoms with Crippen molar-refractivity contribution in [3.63, 3.8) is 0 Å². The van der Waals surface area contributed by atoms with Crippen molar-refractivity contribution >= 4 is 49.9 Å². The fourth-order valence-corrected chi connectivity index (χ4v) is 6.33. The van der Waals surface area contributed by atoms with Crippen LogP contribution in [0, 0.1) is 19.0 Å². The summed E-state index contributed by atoms with van der Waals surface area (Å²) in [5.41, 5.74) is 7.63. The van der Waals surface area contributed by atoms with Gasteiger partial charge in [0.05, 0.1) is 5.54 Å². The number of para-hydroxylation sites is 4. The summed E-state index contributed by atoms with van der Waals surface area (Å²) < 4.78 is 30.6. The van der Waals surface area contributed by atoms with Gasteiger partial charge in [-0.05, 0) is 81.0 Å². The van der Waals surface area contributed by atoms with Crippen LogP contribution in [-0.4, -0.2) is 18.7 Å². The molecule has 0 N–H and O–H groups in total. The molecule has 6 heteroatoms. The number of aryl methyl sites for hydroxylation is 1. The van der Waals surface area contributed by atoms with Gasteiger partial charge in [0.25, 0.3) is 0 Å². The third-order valence-electron chi connectivity index (χ3n) is 8.42. The number of nitrogens with zero attached hydrogens (tertiary/aromatic N) is 5. The van der Waals surface area contributed by atoms with Crippen LogP contribution >= 0.6 is 0 Å². The quantitative estimate of drug-likeness (QED) is 0.163. The fraction of sp³-hybridized carbons (Fsp3) is 0.122. The minimum atomic E-state index is -2.26. The van der Waals surface area contributed by atoms with Gasteiger partial charge in [-0.1, -0.05) is 59.4 Å². The van der Waals surface area contributed by atoms with Gasteiger partial charge in [0.15, 0.2) is 17.4 Å². The molecule has 3 heterocycles. The van der Waals surface area contributed by atoms with E-state index in [1.54, 1.807) is 18.3 Å². The summed E-state index contributed by atoms with van der Waals surface area (Å²) >= 11 is 0. The second-order valence-electron chi connectivity index (χ2n) is 12.5. The number of pyridine rings is 1. The standard InChI is InChI=1S/C41H34N5.Pt/c1-29-23-24-42-40(25-29)46-36-18-9-8-17-34(36)35-22-21-33(27-39(35)46)45(30-13-6-5-7-14-30)32-16-12-15-31(26-32)43-28-44(41(2,3)4)38-20-11-10-19-37(38)43;/h5-25,28H,1-4H3;/q-1;/i1D3;. The van der Waals surface area contributed by atoms with Crippen molar-refractivity contribution in [1.29, 1.82) is 0 Å². The molecule has 234 valence electrons. The zero-order chi connectivity index (χ0) is 33.9. The number of imidazole rings is 1. The van der Waals surface area contributed by atoms with Gasteiger partial charge in [0.1, 0.15) is 5.82 Å². The maximum atomic E-state index is 8.03. The molecule has 0 unspecified atom stereocenters. The zero-order valence-corrected chi connectivity index (χ0v) is 28.5. The minimum absolute atomic E-state index is 0. The molecule has 0 bridgehead atoms. The van der Waals surface area contributed by atoms with E-state index in [4.69, 9.17) is 4.11 Å². The number of hydrogen-bond acceptors (Lipinski definition) is 2. The second-order valence-corrected chi connectivity index (χ2v) is 12.5. The number of rotatable bonds is 5. The van der Waals surface area contributed by atoms with Gasteiger partial charge in [-0.3, -0.25) is 0 Å². The number of anilines is 3. The Morgan fingerprint density at radius 1 is 0.723 bits per heavy atom. The van der Waals surface area contributed by atoms with Crippen molar-refractivity contribution in [2.45, 2.75) is 33.2 Å². The number of hydrogen-bond donors (Lipinski definition) is 0. The summed E-state index contributed by atoms with van der Waals surface area (Å²) in [6, 6.07) is 47.8. The fourth-order valence-electron chi connectivity index (χ4n) is 6.33. The largest absolute Gasteiger partial charge is 0.358 e. The number of fused-ring (bicyclic) bond motifs is 4. The molecule has 0 aliphatic carbocycles. The SMILES string of the molecule is [2H]C([2H])([2H])c1ccnc(-n2c3[c-]c(N(c4[c-]c(-n5[cH+]n(C(C)(C)C)c6ccccc65)ccc4)c4ccccc4)ccc3c3ccccc32)c1.[Pt]. The van der Waals surface area contributed by atoms with Crippen molar-refractivity contribution in [2.75, 3.05) is 4.90 Å². The first-order chi connectivity index (χ1) is 23.6. The molecule has 0 saturated carbocycles. The molecule has 0 aliphatic heterocycles. The third-order valence-corrected chi connectivity index (χ3v) is 8.42. The average Bonchev–Trinajstić information content (AvgIpc) is 3.65. The van der Waals surface area contributed by atoms with Crippen LogP contribution in [-0.2, 0) is 26.6 Å². The maximum absolute atomic E-state index is 8.03. The van der Waals surface area contributed by atoms with E-state index < -0.39 is 6.85 Å². The third kappa shape index (κ3) is 5.35. The first kappa shape index (κ1) is 27.2. The van der Waals surface area contributed by atoms with Crippen LogP contribution < -0.4 is 4.90 Å². The van der Waals surface area contributed by atoms with Crippen molar-refractivity contribution in [3.8, 4) is 11.5 Å². The van der Waals surface area contributed by atoms with E-state index in [-0.39, 0.29) is 32.2 Å². The molecule has 5 aromatic carbocycles. The van der Waals surface area contributed by atoms with Crippen molar-refractivity contribution in [1.82, 2.24) is 18.7 Å². The molecule has 3 aromatic heterocycles. The van der Waals surface area contributed by atoms with Crippen LogP contribution in [0.15, 0.2) is 134 Å². The average molecular weight is 795 g/mol. The Balaban J connectivity index is 0.00000392. The summed E-state index contributed by atoms with van der Waals surface area (Å²) in [4.78, 5) is 6.80. The van der Waals surface area contributed by atoms with Crippen molar-refractivity contribution < 1.29 is 25.2 Å². The van der Waals surface area contributed by atoms with Gasteiger partial charge < -0.3 is 9.47 Å². The molecule has 0 atom stereocenters. The second kappa shape index (κ2) is 12.0. The summed E-state index contributed by atoms with van der Waals surface area (Å²) in [5, 5.41) is 2.03. The minimum Gasteiger partial charge on any atom is -0.358 e. The van der Waals surface area contributed by atoms with E-state index in [9.17, 15) is 0 Å². The van der Waals surface area contributed by atoms with Crippen LogP contribution in [0.25, 0.3) is 44.3 Å². The molecule has 0 aliphatic rings. The Kier molecular flexibility index (Phi) is 6.92. The van der Waals surface area contributed by atoms with Gasteiger partial charge in [-0.15, -0.1) is 29.7 Å². The molecule has 0 fully saturated rings. The predicted octanol–water partition coefficient (Wildman–Crippen LogP) is 10.3. The van der Waals surface area contributed by atoms with Crippen LogP contribution in [0.5, 0.6) is 0 Å². The molecule has 0 spiro atoms. The monoisotopic (exact) mass is 794 g/mol. The van der Waals surface area contributed by atoms with Gasteiger partial charge in [-0.2, -0.15) is 12.1 Å². The summed E-state index contributed by atoms with van der Waals surface area (Å²) in [6.45, 7) is 4.37. The maximum Gasteiger partial charge on any atom is 0.188 e. The Hall–Kier alpha value is -4.99. The van der Waals surface area contributed by atoms with E-state index in [2.05, 4.69) is 131 Å². The van der Waals surface area contributed by atoms with E-state index in [1.807, 2.05) is 41.0 Å². The van der Waals surface area contributed by atoms with E-state index >= 15 is 0 Å². The Labute approximate surface area is 293 Å². The van der Waals surface area contributed by atoms with E-state index in [1.165, 1.54) is 0 Å². The van der Waals surface area contributed by atoms with E-state index in [0.29, 0.717) is 5.82 Å². The number of benzene rings is 5. The van der Waals surface area contributed by atoms with Crippen molar-refractivity contribution in [3.05, 3.63) is 152 Å². The Morgan fingerprint density at radius 3 is 2.23 bits per heavy atom. The molecular weight excluding hydrogens is 758 g/mol. The number of aromatic nitrogens is 4. The normalized spacial score (nSPS) is 12.9. The molecule has 0 amide bonds. The van der Waals surface area contributed by atoms with Gasteiger partial charge in [0, 0.05) is 60.4 Å². The summed E-state index contributed by atoms with van der Waals surface area (Å²) in [6.07, 6.45) is 3.72. The molecule has 0 radical (unpaired) electrons. The van der Waals surface area contributed by atoms with Crippen LogP contribution in [0.4, 0.5) is 17.1 Å². The first-order valence-corrected chi connectivity index (χ1v) is 15.4. The summed E-state index contributed by atoms with van der Waals surface area (Å²) in [7, 11) is 0. The molecule has 5 nitrogen and oxygen atoms in total. The van der Waals surface area contributed by atoms with Crippen molar-refractivity contribution in [2.24, 2.45) is 0 Å². The molecule has 8 aromatic rings.